The van der Waals surface area contributed by atoms with Crippen LogP contribution in [0.4, 0.5) is 13.2 Å². The molecule has 0 saturated carbocycles. The third kappa shape index (κ3) is 3.79. The van der Waals surface area contributed by atoms with E-state index in [1.807, 2.05) is 12.1 Å². The van der Waals surface area contributed by atoms with E-state index in [0.29, 0.717) is 5.56 Å². The molecule has 0 radical (unpaired) electrons. The number of nitrogens with zero attached hydrogens (tertiary/aromatic N) is 2. The Kier molecular flexibility index (Phi) is 4.74. The summed E-state index contributed by atoms with van der Waals surface area (Å²) in [5, 5.41) is 8.96. The van der Waals surface area contributed by atoms with Crippen molar-refractivity contribution in [3.63, 3.8) is 0 Å². The maximum atomic E-state index is 13.4. The minimum absolute atomic E-state index is 0.0294. The van der Waals surface area contributed by atoms with Crippen molar-refractivity contribution in [3.05, 3.63) is 65.4 Å². The fourth-order valence-corrected chi connectivity index (χ4v) is 4.39. The molecule has 0 spiro atoms. The molecule has 2 aromatic carbocycles. The van der Waals surface area contributed by atoms with Crippen molar-refractivity contribution in [1.29, 1.82) is 0 Å². The van der Waals surface area contributed by atoms with Gasteiger partial charge < -0.3 is 0 Å². The van der Waals surface area contributed by atoms with Gasteiger partial charge in [0.2, 0.25) is 10.0 Å². The average Bonchev–Trinajstić information content (AvgIpc) is 3.13. The Morgan fingerprint density at radius 2 is 1.66 bits per heavy atom. The van der Waals surface area contributed by atoms with Crippen molar-refractivity contribution in [2.45, 2.75) is 36.8 Å². The first-order valence-electron chi connectivity index (χ1n) is 9.06. The highest BCUT2D eigenvalue weighted by molar-refractivity contribution is 7.89. The molecule has 1 aromatic heterocycles. The van der Waals surface area contributed by atoms with Gasteiger partial charge in [-0.3, -0.25) is 0 Å². The van der Waals surface area contributed by atoms with Crippen LogP contribution >= 0.6 is 0 Å². The normalized spacial score (nSPS) is 14.6. The quantitative estimate of drug-likeness (QED) is 0.692. The SMILES string of the molecule is NS(=O)(=O)c1ccccc1-n1nc(C(F)(F)F)cc1-c1ccc2c(c1)CCCC2. The van der Waals surface area contributed by atoms with Gasteiger partial charge in [-0.05, 0) is 61.1 Å². The summed E-state index contributed by atoms with van der Waals surface area (Å²) in [6, 6.07) is 12.1. The van der Waals surface area contributed by atoms with E-state index in [4.69, 9.17) is 5.14 Å². The molecule has 9 heteroatoms. The summed E-state index contributed by atoms with van der Waals surface area (Å²) < 4.78 is 65.2. The Balaban J connectivity index is 1.96. The molecule has 0 fully saturated rings. The number of halogens is 3. The summed E-state index contributed by atoms with van der Waals surface area (Å²) in [6.07, 6.45) is -0.763. The summed E-state index contributed by atoms with van der Waals surface area (Å²) in [5.74, 6) is 0. The zero-order valence-electron chi connectivity index (χ0n) is 15.3. The van der Waals surface area contributed by atoms with Crippen LogP contribution in [-0.2, 0) is 29.0 Å². The van der Waals surface area contributed by atoms with Crippen LogP contribution in [0.1, 0.15) is 29.7 Å². The lowest BCUT2D eigenvalue weighted by molar-refractivity contribution is -0.141. The largest absolute Gasteiger partial charge is 0.435 e. The van der Waals surface area contributed by atoms with Gasteiger partial charge in [-0.15, -0.1) is 0 Å². The molecule has 4 rings (SSSR count). The molecule has 0 aliphatic heterocycles. The van der Waals surface area contributed by atoms with Crippen LogP contribution < -0.4 is 5.14 Å². The van der Waals surface area contributed by atoms with E-state index < -0.39 is 21.9 Å². The second-order valence-corrected chi connectivity index (χ2v) is 8.56. The standard InChI is InChI=1S/C20H18F3N3O2S/c21-20(22,23)19-12-17(15-10-9-13-5-1-2-6-14(13)11-15)26(25-19)16-7-3-4-8-18(16)29(24,27)28/h3-4,7-12H,1-2,5-6H2,(H2,24,27,28). The lowest BCUT2D eigenvalue weighted by Crippen LogP contribution is -2.16. The van der Waals surface area contributed by atoms with Gasteiger partial charge in [0.25, 0.3) is 0 Å². The highest BCUT2D eigenvalue weighted by Gasteiger charge is 2.36. The lowest BCUT2D eigenvalue weighted by atomic mass is 9.90. The first-order valence-corrected chi connectivity index (χ1v) is 10.6. The van der Waals surface area contributed by atoms with Gasteiger partial charge >= 0.3 is 6.18 Å². The van der Waals surface area contributed by atoms with Gasteiger partial charge in [0.15, 0.2) is 5.69 Å². The summed E-state index contributed by atoms with van der Waals surface area (Å²) >= 11 is 0. The molecule has 0 atom stereocenters. The number of aryl methyl sites for hydroxylation is 2. The van der Waals surface area contributed by atoms with Crippen molar-refractivity contribution in [2.24, 2.45) is 5.14 Å². The maximum Gasteiger partial charge on any atom is 0.435 e. The number of benzene rings is 2. The molecule has 3 aromatic rings. The lowest BCUT2D eigenvalue weighted by Gasteiger charge is -2.17. The van der Waals surface area contributed by atoms with Crippen molar-refractivity contribution < 1.29 is 21.6 Å². The smallest absolute Gasteiger partial charge is 0.231 e. The van der Waals surface area contributed by atoms with E-state index in [1.165, 1.54) is 29.8 Å². The minimum atomic E-state index is -4.68. The van der Waals surface area contributed by atoms with E-state index >= 15 is 0 Å². The Bertz CT molecular complexity index is 1180. The van der Waals surface area contributed by atoms with Crippen molar-refractivity contribution in [3.8, 4) is 16.9 Å². The number of hydrogen-bond acceptors (Lipinski definition) is 3. The predicted molar refractivity (Wildman–Crippen MR) is 102 cm³/mol. The number of para-hydroxylation sites is 1. The fraction of sp³-hybridized carbons (Fsp3) is 0.250. The second-order valence-electron chi connectivity index (χ2n) is 7.03. The van der Waals surface area contributed by atoms with Crippen LogP contribution in [-0.4, -0.2) is 18.2 Å². The van der Waals surface area contributed by atoms with E-state index in [1.54, 1.807) is 6.07 Å². The third-order valence-corrected chi connectivity index (χ3v) is 6.00. The Morgan fingerprint density at radius 3 is 2.34 bits per heavy atom. The second kappa shape index (κ2) is 7.00. The van der Waals surface area contributed by atoms with E-state index in [0.717, 1.165) is 42.0 Å². The van der Waals surface area contributed by atoms with E-state index in [9.17, 15) is 21.6 Å². The molecular weight excluding hydrogens is 403 g/mol. The summed E-state index contributed by atoms with van der Waals surface area (Å²) in [6.45, 7) is 0. The molecular formula is C20H18F3N3O2S. The van der Waals surface area contributed by atoms with Crippen LogP contribution in [0.3, 0.4) is 0 Å². The highest BCUT2D eigenvalue weighted by Crippen LogP contribution is 2.35. The molecule has 5 nitrogen and oxygen atoms in total. The fourth-order valence-electron chi connectivity index (χ4n) is 3.67. The van der Waals surface area contributed by atoms with Crippen LogP contribution in [0.2, 0.25) is 0 Å². The summed E-state index contributed by atoms with van der Waals surface area (Å²) in [4.78, 5) is -0.295. The Hall–Kier alpha value is -2.65. The van der Waals surface area contributed by atoms with Gasteiger partial charge in [-0.25, -0.2) is 18.2 Å². The van der Waals surface area contributed by atoms with Gasteiger partial charge in [-0.1, -0.05) is 24.3 Å². The zero-order chi connectivity index (χ0) is 20.8. The summed E-state index contributed by atoms with van der Waals surface area (Å²) in [5.41, 5.74) is 1.84. The molecule has 29 heavy (non-hydrogen) atoms. The highest BCUT2D eigenvalue weighted by atomic mass is 32.2. The van der Waals surface area contributed by atoms with Crippen LogP contribution in [0.25, 0.3) is 16.9 Å². The molecule has 1 aliphatic rings. The van der Waals surface area contributed by atoms with Crippen LogP contribution in [0.15, 0.2) is 53.4 Å². The first-order chi connectivity index (χ1) is 13.6. The number of sulfonamides is 1. The predicted octanol–water partition coefficient (Wildman–Crippen LogP) is 4.08. The number of alkyl halides is 3. The Labute approximate surface area is 166 Å². The number of rotatable bonds is 3. The van der Waals surface area contributed by atoms with Gasteiger partial charge in [0, 0.05) is 5.56 Å². The van der Waals surface area contributed by atoms with E-state index in [2.05, 4.69) is 5.10 Å². The van der Waals surface area contributed by atoms with Crippen LogP contribution in [0, 0.1) is 0 Å². The zero-order valence-corrected chi connectivity index (χ0v) is 16.1. The van der Waals surface area contributed by atoms with E-state index in [-0.39, 0.29) is 16.3 Å². The number of nitrogens with two attached hydrogens (primary N) is 1. The van der Waals surface area contributed by atoms with Crippen molar-refractivity contribution in [1.82, 2.24) is 9.78 Å². The average molecular weight is 421 g/mol. The topological polar surface area (TPSA) is 78.0 Å². The number of hydrogen-bond donors (Lipinski definition) is 1. The van der Waals surface area contributed by atoms with Crippen molar-refractivity contribution in [2.75, 3.05) is 0 Å². The Morgan fingerprint density at radius 1 is 0.966 bits per heavy atom. The van der Waals surface area contributed by atoms with Gasteiger partial charge in [-0.2, -0.15) is 18.3 Å². The van der Waals surface area contributed by atoms with Gasteiger partial charge in [0.05, 0.1) is 11.4 Å². The molecule has 1 aliphatic carbocycles. The molecule has 0 amide bonds. The van der Waals surface area contributed by atoms with Gasteiger partial charge in [0.1, 0.15) is 4.90 Å². The molecule has 2 N–H and O–H groups in total. The molecule has 0 saturated heterocycles. The maximum absolute atomic E-state index is 13.4. The minimum Gasteiger partial charge on any atom is -0.231 e. The first kappa shape index (κ1) is 19.7. The number of aromatic nitrogens is 2. The van der Waals surface area contributed by atoms with Crippen molar-refractivity contribution >= 4 is 10.0 Å². The molecule has 0 unspecified atom stereocenters. The number of primary sulfonamides is 1. The monoisotopic (exact) mass is 421 g/mol. The molecule has 0 bridgehead atoms. The van der Waals surface area contributed by atoms with Crippen LogP contribution in [0.5, 0.6) is 0 Å². The molecule has 1 heterocycles. The molecule has 152 valence electrons. The summed E-state index contributed by atoms with van der Waals surface area (Å²) in [7, 11) is -4.16. The number of fused-ring (bicyclic) bond motifs is 1. The third-order valence-electron chi connectivity index (χ3n) is 5.04.